The van der Waals surface area contributed by atoms with Gasteiger partial charge in [-0.25, -0.2) is 4.52 Å². The standard InChI is InChI=1S/C22H23N5O2/c1-22(2,13-24-20(28)16-6-5-7-18-15(16)9-10-23-18)14-25-21(29)17-12-26-27-11-4-3-8-19(17)27/h3-12,23H,13-14H2,1-2H3,(H,24,28)(H,25,29). The Morgan fingerprint density at radius 3 is 2.55 bits per heavy atom. The Morgan fingerprint density at radius 1 is 1.00 bits per heavy atom. The minimum atomic E-state index is -0.319. The summed E-state index contributed by atoms with van der Waals surface area (Å²) in [5.74, 6) is -0.306. The van der Waals surface area contributed by atoms with Gasteiger partial charge >= 0.3 is 0 Å². The summed E-state index contributed by atoms with van der Waals surface area (Å²) in [6.45, 7) is 4.85. The third kappa shape index (κ3) is 3.85. The molecule has 0 aliphatic rings. The van der Waals surface area contributed by atoms with Crippen LogP contribution in [-0.4, -0.2) is 39.5 Å². The molecule has 0 saturated heterocycles. The number of rotatable bonds is 6. The highest BCUT2D eigenvalue weighted by molar-refractivity contribution is 6.06. The van der Waals surface area contributed by atoms with E-state index in [4.69, 9.17) is 0 Å². The van der Waals surface area contributed by atoms with Crippen molar-refractivity contribution in [1.82, 2.24) is 25.2 Å². The van der Waals surface area contributed by atoms with Crippen molar-refractivity contribution in [3.8, 4) is 0 Å². The maximum Gasteiger partial charge on any atom is 0.255 e. The molecule has 7 heteroatoms. The van der Waals surface area contributed by atoms with Crippen LogP contribution >= 0.6 is 0 Å². The third-order valence-electron chi connectivity index (χ3n) is 4.97. The van der Waals surface area contributed by atoms with E-state index in [1.807, 2.05) is 62.5 Å². The fourth-order valence-corrected chi connectivity index (χ4v) is 3.28. The zero-order chi connectivity index (χ0) is 20.4. The first-order chi connectivity index (χ1) is 13.9. The molecular weight excluding hydrogens is 366 g/mol. The predicted molar refractivity (Wildman–Crippen MR) is 112 cm³/mol. The molecule has 0 fully saturated rings. The smallest absolute Gasteiger partial charge is 0.255 e. The summed E-state index contributed by atoms with van der Waals surface area (Å²) in [5, 5.41) is 11.0. The number of fused-ring (bicyclic) bond motifs is 2. The normalized spacial score (nSPS) is 11.7. The number of amides is 2. The highest BCUT2D eigenvalue weighted by atomic mass is 16.2. The van der Waals surface area contributed by atoms with E-state index >= 15 is 0 Å². The van der Waals surface area contributed by atoms with E-state index in [1.54, 1.807) is 16.9 Å². The van der Waals surface area contributed by atoms with Crippen molar-refractivity contribution in [1.29, 1.82) is 0 Å². The molecule has 4 rings (SSSR count). The average Bonchev–Trinajstić information content (AvgIpc) is 3.37. The van der Waals surface area contributed by atoms with E-state index < -0.39 is 0 Å². The quantitative estimate of drug-likeness (QED) is 0.473. The molecule has 0 radical (unpaired) electrons. The molecule has 4 aromatic rings. The number of aromatic amines is 1. The van der Waals surface area contributed by atoms with E-state index in [0.717, 1.165) is 16.4 Å². The van der Waals surface area contributed by atoms with Gasteiger partial charge in [0.25, 0.3) is 11.8 Å². The Balaban J connectivity index is 1.37. The minimum absolute atomic E-state index is 0.128. The lowest BCUT2D eigenvalue weighted by atomic mass is 9.93. The van der Waals surface area contributed by atoms with Crippen molar-refractivity contribution in [3.05, 3.63) is 72.2 Å². The molecule has 0 bridgehead atoms. The van der Waals surface area contributed by atoms with Gasteiger partial charge in [-0.1, -0.05) is 26.0 Å². The lowest BCUT2D eigenvalue weighted by Gasteiger charge is -2.25. The summed E-state index contributed by atoms with van der Waals surface area (Å²) >= 11 is 0. The van der Waals surface area contributed by atoms with Gasteiger partial charge in [0.2, 0.25) is 0 Å². The molecule has 0 saturated carbocycles. The van der Waals surface area contributed by atoms with Crippen molar-refractivity contribution in [3.63, 3.8) is 0 Å². The Bertz CT molecular complexity index is 1190. The summed E-state index contributed by atoms with van der Waals surface area (Å²) in [5.41, 5.74) is 2.54. The molecular formula is C22H23N5O2. The van der Waals surface area contributed by atoms with Gasteiger partial charge in [0.05, 0.1) is 17.3 Å². The molecule has 29 heavy (non-hydrogen) atoms. The SMILES string of the molecule is CC(C)(CNC(=O)c1cccc2[nH]ccc12)CNC(=O)c1cnn2ccccc12. The van der Waals surface area contributed by atoms with E-state index in [-0.39, 0.29) is 17.2 Å². The van der Waals surface area contributed by atoms with Crippen LogP contribution in [0.5, 0.6) is 0 Å². The lowest BCUT2D eigenvalue weighted by Crippen LogP contribution is -2.42. The van der Waals surface area contributed by atoms with E-state index in [0.29, 0.717) is 24.2 Å². The highest BCUT2D eigenvalue weighted by Gasteiger charge is 2.22. The van der Waals surface area contributed by atoms with Gasteiger partial charge in [0.1, 0.15) is 0 Å². The second-order valence-electron chi connectivity index (χ2n) is 7.86. The zero-order valence-corrected chi connectivity index (χ0v) is 16.4. The van der Waals surface area contributed by atoms with Gasteiger partial charge in [-0.15, -0.1) is 0 Å². The molecule has 0 spiro atoms. The summed E-state index contributed by atoms with van der Waals surface area (Å²) in [4.78, 5) is 28.4. The molecule has 3 heterocycles. The van der Waals surface area contributed by atoms with Crippen LogP contribution in [0.2, 0.25) is 0 Å². The van der Waals surface area contributed by atoms with E-state index in [2.05, 4.69) is 20.7 Å². The molecule has 0 aliphatic heterocycles. The highest BCUT2D eigenvalue weighted by Crippen LogP contribution is 2.18. The van der Waals surface area contributed by atoms with E-state index in [9.17, 15) is 9.59 Å². The number of carbonyl (C=O) groups excluding carboxylic acids is 2. The maximum absolute atomic E-state index is 12.7. The van der Waals surface area contributed by atoms with Crippen LogP contribution in [0.3, 0.4) is 0 Å². The van der Waals surface area contributed by atoms with Crippen LogP contribution in [0.4, 0.5) is 0 Å². The largest absolute Gasteiger partial charge is 0.361 e. The molecule has 7 nitrogen and oxygen atoms in total. The average molecular weight is 389 g/mol. The van der Waals surface area contributed by atoms with Gasteiger partial charge in [-0.2, -0.15) is 5.10 Å². The lowest BCUT2D eigenvalue weighted by molar-refractivity contribution is 0.0921. The van der Waals surface area contributed by atoms with Crippen LogP contribution in [0.15, 0.2) is 61.1 Å². The molecule has 1 aromatic carbocycles. The number of pyridine rings is 1. The third-order valence-corrected chi connectivity index (χ3v) is 4.97. The summed E-state index contributed by atoms with van der Waals surface area (Å²) in [6.07, 6.45) is 5.19. The van der Waals surface area contributed by atoms with Crippen molar-refractivity contribution in [2.75, 3.05) is 13.1 Å². The van der Waals surface area contributed by atoms with Crippen LogP contribution in [0.1, 0.15) is 34.6 Å². The van der Waals surface area contributed by atoms with Crippen molar-refractivity contribution in [2.24, 2.45) is 5.41 Å². The van der Waals surface area contributed by atoms with Crippen molar-refractivity contribution in [2.45, 2.75) is 13.8 Å². The molecule has 2 amide bonds. The Kier molecular flexibility index (Phi) is 4.80. The zero-order valence-electron chi connectivity index (χ0n) is 16.4. The summed E-state index contributed by atoms with van der Waals surface area (Å²) < 4.78 is 1.67. The topological polar surface area (TPSA) is 91.3 Å². The Morgan fingerprint density at radius 2 is 1.76 bits per heavy atom. The van der Waals surface area contributed by atoms with Gasteiger partial charge < -0.3 is 15.6 Å². The van der Waals surface area contributed by atoms with Crippen molar-refractivity contribution >= 4 is 28.2 Å². The number of hydrogen-bond donors (Lipinski definition) is 3. The first-order valence-electron chi connectivity index (χ1n) is 9.49. The molecule has 3 aromatic heterocycles. The van der Waals surface area contributed by atoms with Gasteiger partial charge in [-0.3, -0.25) is 9.59 Å². The fourth-order valence-electron chi connectivity index (χ4n) is 3.28. The van der Waals surface area contributed by atoms with Gasteiger partial charge in [0, 0.05) is 41.9 Å². The minimum Gasteiger partial charge on any atom is -0.361 e. The van der Waals surface area contributed by atoms with Gasteiger partial charge in [0.15, 0.2) is 0 Å². The number of nitrogens with one attached hydrogen (secondary N) is 3. The molecule has 3 N–H and O–H groups in total. The van der Waals surface area contributed by atoms with Crippen LogP contribution in [0.25, 0.3) is 16.4 Å². The molecule has 0 atom stereocenters. The number of benzene rings is 1. The first kappa shape index (κ1) is 18.7. The number of H-pyrrole nitrogens is 1. The maximum atomic E-state index is 12.7. The molecule has 148 valence electrons. The number of carbonyl (C=O) groups is 2. The van der Waals surface area contributed by atoms with Crippen LogP contribution in [0, 0.1) is 5.41 Å². The van der Waals surface area contributed by atoms with E-state index in [1.165, 1.54) is 0 Å². The van der Waals surface area contributed by atoms with Crippen LogP contribution < -0.4 is 10.6 Å². The number of aromatic nitrogens is 3. The second-order valence-corrected chi connectivity index (χ2v) is 7.86. The summed E-state index contributed by atoms with van der Waals surface area (Å²) in [7, 11) is 0. The monoisotopic (exact) mass is 389 g/mol. The number of hydrogen-bond acceptors (Lipinski definition) is 3. The molecule has 0 unspecified atom stereocenters. The van der Waals surface area contributed by atoms with Crippen molar-refractivity contribution < 1.29 is 9.59 Å². The Labute approximate surface area is 168 Å². The Hall–Kier alpha value is -3.61. The first-order valence-corrected chi connectivity index (χ1v) is 9.49. The summed E-state index contributed by atoms with van der Waals surface area (Å²) in [6, 6.07) is 13.1. The van der Waals surface area contributed by atoms with Gasteiger partial charge in [-0.05, 0) is 35.7 Å². The predicted octanol–water partition coefficient (Wildman–Crippen LogP) is 3.00. The second kappa shape index (κ2) is 7.43. The van der Waals surface area contributed by atoms with Crippen LogP contribution in [-0.2, 0) is 0 Å². The fraction of sp³-hybridized carbons (Fsp3) is 0.227. The number of nitrogens with zero attached hydrogens (tertiary/aromatic N) is 2. The molecule has 0 aliphatic carbocycles.